The molecule has 0 bridgehead atoms. The molecule has 13 heteroatoms. The standard InChI is InChI=1S/C30H39N5O8/c1-29(2,3)43-25(39)13-14-30(28(40)32-18-22(38)19-37)26(24-8-5-4-7-21(24)17-33-35-31)42-27(34-30)20-9-11-23(12-10-20)41-16-6-15-36/h4-5,7-12,22,26,36-38H,6,13-19H2,1-3H3,(H,32,40)/t22?,26-,30-/m1/s1. The van der Waals surface area contributed by atoms with Crippen LogP contribution in [0.15, 0.2) is 58.6 Å². The number of benzene rings is 2. The van der Waals surface area contributed by atoms with Crippen molar-refractivity contribution in [3.63, 3.8) is 0 Å². The summed E-state index contributed by atoms with van der Waals surface area (Å²) in [6.45, 7) is 4.72. The summed E-state index contributed by atoms with van der Waals surface area (Å²) in [4.78, 5) is 34.5. The van der Waals surface area contributed by atoms with E-state index in [0.29, 0.717) is 35.5 Å². The van der Waals surface area contributed by atoms with E-state index in [9.17, 15) is 19.8 Å². The molecular weight excluding hydrogens is 558 g/mol. The number of rotatable bonds is 15. The van der Waals surface area contributed by atoms with Crippen LogP contribution in [0.4, 0.5) is 0 Å². The fourth-order valence-electron chi connectivity index (χ4n) is 4.50. The summed E-state index contributed by atoms with van der Waals surface area (Å²) < 4.78 is 17.5. The van der Waals surface area contributed by atoms with Gasteiger partial charge in [0.25, 0.3) is 5.91 Å². The van der Waals surface area contributed by atoms with Crippen molar-refractivity contribution in [2.45, 2.75) is 69.9 Å². The van der Waals surface area contributed by atoms with Gasteiger partial charge in [-0.3, -0.25) is 9.59 Å². The number of hydrogen-bond acceptors (Lipinski definition) is 10. The lowest BCUT2D eigenvalue weighted by Crippen LogP contribution is -2.50. The molecule has 4 N–H and O–H groups in total. The molecule has 0 saturated heterocycles. The molecular formula is C30H39N5O8. The van der Waals surface area contributed by atoms with Crippen LogP contribution in [0.2, 0.25) is 0 Å². The third-order valence-corrected chi connectivity index (χ3v) is 6.51. The van der Waals surface area contributed by atoms with E-state index in [2.05, 4.69) is 15.3 Å². The van der Waals surface area contributed by atoms with Gasteiger partial charge in [-0.2, -0.15) is 0 Å². The topological polar surface area (TPSA) is 196 Å². The van der Waals surface area contributed by atoms with Crippen LogP contribution in [-0.4, -0.2) is 76.7 Å². The van der Waals surface area contributed by atoms with Crippen LogP contribution in [0.1, 0.15) is 62.8 Å². The van der Waals surface area contributed by atoms with Gasteiger partial charge in [0.2, 0.25) is 5.90 Å². The van der Waals surface area contributed by atoms with Crippen molar-refractivity contribution in [2.24, 2.45) is 10.1 Å². The van der Waals surface area contributed by atoms with E-state index in [4.69, 9.17) is 29.8 Å². The van der Waals surface area contributed by atoms with Gasteiger partial charge in [0.15, 0.2) is 11.6 Å². The number of azide groups is 1. The van der Waals surface area contributed by atoms with Gasteiger partial charge in [-0.25, -0.2) is 4.99 Å². The highest BCUT2D eigenvalue weighted by Gasteiger charge is 2.53. The van der Waals surface area contributed by atoms with E-state index in [1.807, 2.05) is 0 Å². The monoisotopic (exact) mass is 597 g/mol. The van der Waals surface area contributed by atoms with Crippen molar-refractivity contribution >= 4 is 17.8 Å². The van der Waals surface area contributed by atoms with Crippen molar-refractivity contribution in [2.75, 3.05) is 26.4 Å². The lowest BCUT2D eigenvalue weighted by atomic mass is 9.81. The van der Waals surface area contributed by atoms with Crippen molar-refractivity contribution < 1.29 is 39.1 Å². The second-order valence-electron chi connectivity index (χ2n) is 11.0. The average molecular weight is 598 g/mol. The zero-order chi connectivity index (χ0) is 31.5. The first-order valence-corrected chi connectivity index (χ1v) is 14.0. The van der Waals surface area contributed by atoms with Gasteiger partial charge < -0.3 is 34.8 Å². The molecule has 232 valence electrons. The van der Waals surface area contributed by atoms with Crippen LogP contribution < -0.4 is 10.1 Å². The van der Waals surface area contributed by atoms with Crippen LogP contribution in [0.3, 0.4) is 0 Å². The maximum Gasteiger partial charge on any atom is 0.306 e. The van der Waals surface area contributed by atoms with Crippen LogP contribution in [0.5, 0.6) is 5.75 Å². The van der Waals surface area contributed by atoms with Gasteiger partial charge in [-0.1, -0.05) is 29.4 Å². The first-order chi connectivity index (χ1) is 20.5. The third kappa shape index (κ3) is 9.16. The number of ether oxygens (including phenoxy) is 3. The number of aliphatic hydroxyl groups excluding tert-OH is 3. The van der Waals surface area contributed by atoms with Crippen LogP contribution in [0, 0.1) is 0 Å². The molecule has 0 fully saturated rings. The SMILES string of the molecule is CC(C)(C)OC(=O)CC[C@@]1(C(=O)NCC(O)CO)N=C(c2ccc(OCCCO)cc2)O[C@@H]1c1ccccc1CN=[N+]=[N-]. The minimum Gasteiger partial charge on any atom is -0.494 e. The van der Waals surface area contributed by atoms with Crippen molar-refractivity contribution in [3.8, 4) is 5.75 Å². The summed E-state index contributed by atoms with van der Waals surface area (Å²) in [6, 6.07) is 13.8. The van der Waals surface area contributed by atoms with Crippen molar-refractivity contribution in [3.05, 3.63) is 75.7 Å². The molecule has 43 heavy (non-hydrogen) atoms. The Balaban J connectivity index is 2.10. The van der Waals surface area contributed by atoms with Crippen molar-refractivity contribution in [1.29, 1.82) is 0 Å². The summed E-state index contributed by atoms with van der Waals surface area (Å²) in [6.07, 6.45) is -2.09. The zero-order valence-electron chi connectivity index (χ0n) is 24.6. The summed E-state index contributed by atoms with van der Waals surface area (Å²) >= 11 is 0. The predicted octanol–water partition coefficient (Wildman–Crippen LogP) is 3.11. The number of nitrogens with zero attached hydrogens (tertiary/aromatic N) is 4. The zero-order valence-corrected chi connectivity index (χ0v) is 24.6. The smallest absolute Gasteiger partial charge is 0.306 e. The Hall–Kier alpha value is -4.16. The average Bonchev–Trinajstić information content (AvgIpc) is 3.38. The molecule has 0 aliphatic carbocycles. The fraction of sp³-hybridized carbons (Fsp3) is 0.500. The summed E-state index contributed by atoms with van der Waals surface area (Å²) in [5, 5.41) is 34.6. The maximum atomic E-state index is 14.0. The molecule has 3 rings (SSSR count). The number of hydrogen-bond donors (Lipinski definition) is 4. The lowest BCUT2D eigenvalue weighted by Gasteiger charge is -2.32. The number of aliphatic hydroxyl groups is 3. The molecule has 1 unspecified atom stereocenters. The quantitative estimate of drug-likeness (QED) is 0.0790. The fourth-order valence-corrected chi connectivity index (χ4v) is 4.50. The van der Waals surface area contributed by atoms with Crippen LogP contribution in [0.25, 0.3) is 10.4 Å². The first kappa shape index (κ1) is 33.3. The Morgan fingerprint density at radius 1 is 1.19 bits per heavy atom. The first-order valence-electron chi connectivity index (χ1n) is 14.0. The highest BCUT2D eigenvalue weighted by Crippen LogP contribution is 2.44. The van der Waals surface area contributed by atoms with E-state index in [0.717, 1.165) is 0 Å². The summed E-state index contributed by atoms with van der Waals surface area (Å²) in [7, 11) is 0. The van der Waals surface area contributed by atoms with Crippen LogP contribution in [-0.2, 0) is 25.6 Å². The number of esters is 1. The van der Waals surface area contributed by atoms with E-state index in [1.54, 1.807) is 69.3 Å². The molecule has 2 aromatic rings. The molecule has 0 aromatic heterocycles. The van der Waals surface area contributed by atoms with E-state index in [-0.39, 0.29) is 38.4 Å². The minimum atomic E-state index is -1.70. The molecule has 1 aliphatic rings. The Bertz CT molecular complexity index is 1320. The van der Waals surface area contributed by atoms with E-state index < -0.39 is 41.8 Å². The van der Waals surface area contributed by atoms with Gasteiger partial charge >= 0.3 is 5.97 Å². The summed E-state index contributed by atoms with van der Waals surface area (Å²) in [5.41, 5.74) is 8.17. The second-order valence-corrected chi connectivity index (χ2v) is 11.0. The third-order valence-electron chi connectivity index (χ3n) is 6.51. The molecule has 0 radical (unpaired) electrons. The largest absolute Gasteiger partial charge is 0.494 e. The second kappa shape index (κ2) is 15.4. The molecule has 3 atom stereocenters. The van der Waals surface area contributed by atoms with Crippen molar-refractivity contribution in [1.82, 2.24) is 5.32 Å². The number of aliphatic imine (C=N–C) groups is 1. The Labute approximate surface area is 250 Å². The molecule has 1 heterocycles. The maximum absolute atomic E-state index is 14.0. The van der Waals surface area contributed by atoms with Gasteiger partial charge in [-0.05, 0) is 68.1 Å². The highest BCUT2D eigenvalue weighted by molar-refractivity contribution is 6.01. The number of carbonyl (C=O) groups excluding carboxylic acids is 2. The molecule has 2 aromatic carbocycles. The van der Waals surface area contributed by atoms with Gasteiger partial charge in [0.1, 0.15) is 11.4 Å². The molecule has 13 nitrogen and oxygen atoms in total. The normalized spacial score (nSPS) is 18.6. The predicted molar refractivity (Wildman–Crippen MR) is 157 cm³/mol. The Kier molecular flexibility index (Phi) is 11.9. The Morgan fingerprint density at radius 2 is 1.91 bits per heavy atom. The van der Waals surface area contributed by atoms with E-state index >= 15 is 0 Å². The van der Waals surface area contributed by atoms with Gasteiger partial charge in [0, 0.05) is 36.5 Å². The Morgan fingerprint density at radius 3 is 2.56 bits per heavy atom. The van der Waals surface area contributed by atoms with Gasteiger partial charge in [-0.15, -0.1) is 0 Å². The van der Waals surface area contributed by atoms with E-state index in [1.165, 1.54) is 0 Å². The number of carbonyl (C=O) groups is 2. The molecule has 1 amide bonds. The molecule has 0 saturated carbocycles. The minimum absolute atomic E-state index is 0.00798. The number of amides is 1. The van der Waals surface area contributed by atoms with Gasteiger partial charge in [0.05, 0.1) is 25.9 Å². The molecule has 1 aliphatic heterocycles. The number of nitrogens with one attached hydrogen (secondary N) is 1. The van der Waals surface area contributed by atoms with Crippen LogP contribution >= 0.6 is 0 Å². The molecule has 0 spiro atoms. The lowest BCUT2D eigenvalue weighted by molar-refractivity contribution is -0.155. The highest BCUT2D eigenvalue weighted by atomic mass is 16.6. The summed E-state index contributed by atoms with van der Waals surface area (Å²) in [5.74, 6) is -0.471.